The third-order valence-corrected chi connectivity index (χ3v) is 6.12. The van der Waals surface area contributed by atoms with Crippen LogP contribution in [0, 0.1) is 13.8 Å². The number of fused-ring (bicyclic) bond motifs is 1. The van der Waals surface area contributed by atoms with Crippen molar-refractivity contribution in [2.75, 3.05) is 0 Å². The number of benzene rings is 3. The Morgan fingerprint density at radius 3 is 2.17 bits per heavy atom. The Morgan fingerprint density at radius 1 is 0.900 bits per heavy atom. The van der Waals surface area contributed by atoms with Crippen LogP contribution < -0.4 is 0 Å². The third-order valence-electron chi connectivity index (χ3n) is 4.27. The molecule has 0 radical (unpaired) electrons. The summed E-state index contributed by atoms with van der Waals surface area (Å²) in [5.41, 5.74) is 4.29. The molecular weight excluding hydrogens is 418 g/mol. The summed E-state index contributed by atoms with van der Waals surface area (Å²) in [7, 11) is -4.02. The van der Waals surface area contributed by atoms with Crippen molar-refractivity contribution in [1.29, 1.82) is 0 Å². The number of para-hydroxylation sites is 1. The topological polar surface area (TPSA) is 87.5 Å². The van der Waals surface area contributed by atoms with E-state index in [1.165, 1.54) is 22.4 Å². The van der Waals surface area contributed by atoms with Crippen LogP contribution in [0.3, 0.4) is 0 Å². The molecule has 0 fully saturated rings. The molecule has 0 bridgehead atoms. The molecule has 3 aromatic carbocycles. The highest BCUT2D eigenvalue weighted by molar-refractivity contribution is 7.85. The average molecular weight is 440 g/mol. The number of aryl methyl sites for hydroxylation is 2. The molecule has 0 atom stereocenters. The zero-order chi connectivity index (χ0) is 21.7. The minimum atomic E-state index is -4.02. The molecule has 0 saturated carbocycles. The molecule has 7 heteroatoms. The van der Waals surface area contributed by atoms with Crippen molar-refractivity contribution in [1.82, 2.24) is 4.98 Å². The lowest BCUT2D eigenvalue weighted by Crippen LogP contribution is -1.96. The predicted molar refractivity (Wildman–Crippen MR) is 122 cm³/mol. The van der Waals surface area contributed by atoms with Gasteiger partial charge in [-0.1, -0.05) is 48.0 Å². The van der Waals surface area contributed by atoms with E-state index in [4.69, 9.17) is 4.55 Å². The van der Waals surface area contributed by atoms with E-state index in [2.05, 4.69) is 30.1 Å². The predicted octanol–water partition coefficient (Wildman–Crippen LogP) is 5.72. The van der Waals surface area contributed by atoms with Crippen LogP contribution in [0.4, 0.5) is 0 Å². The van der Waals surface area contributed by atoms with Crippen molar-refractivity contribution in [2.45, 2.75) is 18.7 Å². The monoisotopic (exact) mass is 439 g/mol. The van der Waals surface area contributed by atoms with Crippen molar-refractivity contribution < 1.29 is 18.1 Å². The molecule has 1 heterocycles. The lowest BCUT2D eigenvalue weighted by Gasteiger charge is -1.95. The average Bonchev–Trinajstić information content (AvgIpc) is 3.12. The van der Waals surface area contributed by atoms with Gasteiger partial charge in [0.25, 0.3) is 10.1 Å². The van der Waals surface area contributed by atoms with Crippen molar-refractivity contribution in [3.05, 3.63) is 88.4 Å². The van der Waals surface area contributed by atoms with Gasteiger partial charge in [-0.3, -0.25) is 4.55 Å². The number of hydrogen-bond donors (Lipinski definition) is 2. The Hall–Kier alpha value is -3.00. The molecule has 0 aliphatic heterocycles. The van der Waals surface area contributed by atoms with E-state index >= 15 is 0 Å². The highest BCUT2D eigenvalue weighted by atomic mass is 32.2. The molecule has 0 aliphatic rings. The highest BCUT2D eigenvalue weighted by Crippen LogP contribution is 2.25. The summed E-state index contributed by atoms with van der Waals surface area (Å²) in [6.45, 7) is 3.92. The van der Waals surface area contributed by atoms with E-state index in [1.54, 1.807) is 35.6 Å². The molecule has 5 nitrogen and oxygen atoms in total. The van der Waals surface area contributed by atoms with Crippen molar-refractivity contribution in [2.24, 2.45) is 0 Å². The van der Waals surface area contributed by atoms with Crippen LogP contribution in [0.15, 0.2) is 71.6 Å². The summed E-state index contributed by atoms with van der Waals surface area (Å²) in [5, 5.41) is 10.2. The number of hydrogen-bond acceptors (Lipinski definition) is 5. The summed E-state index contributed by atoms with van der Waals surface area (Å²) in [5.74, 6) is 0.285. The van der Waals surface area contributed by atoms with E-state index in [0.29, 0.717) is 0 Å². The number of aromatic nitrogens is 1. The second-order valence-corrected chi connectivity index (χ2v) is 9.17. The number of nitrogens with zero attached hydrogens (tertiary/aromatic N) is 1. The van der Waals surface area contributed by atoms with E-state index in [1.807, 2.05) is 31.2 Å². The summed E-state index contributed by atoms with van der Waals surface area (Å²) in [4.78, 5) is 4.56. The Balaban J connectivity index is 0.000000199. The summed E-state index contributed by atoms with van der Waals surface area (Å²) in [6.07, 6.45) is 4.02. The van der Waals surface area contributed by atoms with Crippen molar-refractivity contribution in [3.63, 3.8) is 0 Å². The van der Waals surface area contributed by atoms with Gasteiger partial charge in [0.05, 0.1) is 15.1 Å². The summed E-state index contributed by atoms with van der Waals surface area (Å²) >= 11 is 1.69. The Morgan fingerprint density at radius 2 is 1.57 bits per heavy atom. The first-order chi connectivity index (χ1) is 14.2. The summed E-state index contributed by atoms with van der Waals surface area (Å²) in [6, 6.07) is 19.3. The van der Waals surface area contributed by atoms with Gasteiger partial charge >= 0.3 is 0 Å². The fraction of sp³-hybridized carbons (Fsp3) is 0.0870. The van der Waals surface area contributed by atoms with Gasteiger partial charge in [0.1, 0.15) is 10.8 Å². The first-order valence-corrected chi connectivity index (χ1v) is 11.4. The van der Waals surface area contributed by atoms with Gasteiger partial charge in [-0.15, -0.1) is 11.3 Å². The number of rotatable bonds is 3. The first kappa shape index (κ1) is 21.7. The SMILES string of the molecule is Cc1ccc(S(=O)(=O)O)cc1.Cc1cccc2sc(C=Cc3ccc(O)cc3)nc12. The molecule has 4 rings (SSSR count). The van der Waals surface area contributed by atoms with Crippen LogP contribution in [-0.4, -0.2) is 23.1 Å². The van der Waals surface area contributed by atoms with Crippen LogP contribution in [0.5, 0.6) is 5.75 Å². The molecule has 154 valence electrons. The second kappa shape index (κ2) is 9.21. The normalized spacial score (nSPS) is 11.4. The third kappa shape index (κ3) is 5.76. The lowest BCUT2D eigenvalue weighted by atomic mass is 10.2. The zero-order valence-corrected chi connectivity index (χ0v) is 18.1. The van der Waals surface area contributed by atoms with Crippen LogP contribution in [-0.2, 0) is 10.1 Å². The van der Waals surface area contributed by atoms with Crippen LogP contribution >= 0.6 is 11.3 Å². The maximum absolute atomic E-state index is 10.5. The van der Waals surface area contributed by atoms with E-state index in [0.717, 1.165) is 21.7 Å². The minimum Gasteiger partial charge on any atom is -0.508 e. The smallest absolute Gasteiger partial charge is 0.294 e. The first-order valence-electron chi connectivity index (χ1n) is 9.10. The molecule has 0 spiro atoms. The quantitative estimate of drug-likeness (QED) is 0.399. The second-order valence-electron chi connectivity index (χ2n) is 6.69. The van der Waals surface area contributed by atoms with Gasteiger partial charge in [-0.2, -0.15) is 8.42 Å². The van der Waals surface area contributed by atoms with Crippen molar-refractivity contribution in [3.8, 4) is 5.75 Å². The van der Waals surface area contributed by atoms with Crippen LogP contribution in [0.1, 0.15) is 21.7 Å². The molecule has 0 aliphatic carbocycles. The zero-order valence-electron chi connectivity index (χ0n) is 16.5. The standard InChI is InChI=1S/C16H13NOS.C7H8O3S/c1-11-3-2-4-14-16(11)17-15(19-14)10-7-12-5-8-13(18)9-6-12;1-6-2-4-7(5-3-6)11(8,9)10/h2-10,18H,1H3;2-5H,1H3,(H,8,9,10). The highest BCUT2D eigenvalue weighted by Gasteiger charge is 2.07. The number of thiazole rings is 1. The molecule has 1 aromatic heterocycles. The van der Waals surface area contributed by atoms with Gasteiger partial charge in [-0.25, -0.2) is 4.98 Å². The molecule has 2 N–H and O–H groups in total. The fourth-order valence-electron chi connectivity index (χ4n) is 2.64. The van der Waals surface area contributed by atoms with Gasteiger partial charge in [-0.05, 0) is 61.4 Å². The Kier molecular flexibility index (Phi) is 6.66. The fourth-order valence-corrected chi connectivity index (χ4v) is 4.07. The lowest BCUT2D eigenvalue weighted by molar-refractivity contribution is 0.475. The molecular formula is C23H21NO4S2. The number of phenolic OH excluding ortho intramolecular Hbond substituents is 1. The van der Waals surface area contributed by atoms with E-state index in [-0.39, 0.29) is 10.6 Å². The van der Waals surface area contributed by atoms with Crippen LogP contribution in [0.2, 0.25) is 0 Å². The molecule has 0 saturated heterocycles. The molecule has 4 aromatic rings. The maximum Gasteiger partial charge on any atom is 0.294 e. The Labute approximate surface area is 179 Å². The number of phenols is 1. The van der Waals surface area contributed by atoms with Gasteiger partial charge in [0, 0.05) is 0 Å². The van der Waals surface area contributed by atoms with E-state index < -0.39 is 10.1 Å². The number of aromatic hydroxyl groups is 1. The molecule has 0 amide bonds. The minimum absolute atomic E-state index is 0.0666. The van der Waals surface area contributed by atoms with Gasteiger partial charge in [0.15, 0.2) is 0 Å². The van der Waals surface area contributed by atoms with E-state index in [9.17, 15) is 13.5 Å². The molecule has 0 unspecified atom stereocenters. The largest absolute Gasteiger partial charge is 0.508 e. The Bertz CT molecular complexity index is 1270. The van der Waals surface area contributed by atoms with Crippen LogP contribution in [0.25, 0.3) is 22.4 Å². The molecule has 30 heavy (non-hydrogen) atoms. The van der Waals surface area contributed by atoms with Gasteiger partial charge < -0.3 is 5.11 Å². The maximum atomic E-state index is 10.5. The summed E-state index contributed by atoms with van der Waals surface area (Å²) < 4.78 is 30.8. The van der Waals surface area contributed by atoms with Crippen molar-refractivity contribution >= 4 is 43.8 Å². The van der Waals surface area contributed by atoms with Gasteiger partial charge in [0.2, 0.25) is 0 Å².